The number of phosphoric ester groups is 1. The number of para-hydroxylation sites is 1. The lowest BCUT2D eigenvalue weighted by Crippen LogP contribution is -2.21. The molecule has 0 aliphatic carbocycles. The normalized spacial score (nSPS) is 10.8. The van der Waals surface area contributed by atoms with Gasteiger partial charge in [0.1, 0.15) is 5.75 Å². The summed E-state index contributed by atoms with van der Waals surface area (Å²) in [4.78, 5) is 19.1. The maximum atomic E-state index is 10.3. The van der Waals surface area contributed by atoms with E-state index >= 15 is 0 Å². The van der Waals surface area contributed by atoms with Crippen LogP contribution in [0.15, 0.2) is 30.3 Å². The van der Waals surface area contributed by atoms with Crippen LogP contribution in [-0.4, -0.2) is 34.3 Å². The zero-order chi connectivity index (χ0) is 14.0. The van der Waals surface area contributed by atoms with Crippen molar-refractivity contribution in [3.05, 3.63) is 30.3 Å². The maximum absolute atomic E-state index is 10.3. The Hall–Kier alpha value is -0.870. The van der Waals surface area contributed by atoms with Crippen molar-refractivity contribution in [1.82, 2.24) is 4.90 Å². The van der Waals surface area contributed by atoms with Gasteiger partial charge >= 0.3 is 7.82 Å². The Kier molecular flexibility index (Phi) is 8.67. The van der Waals surface area contributed by atoms with Crippen LogP contribution < -0.4 is 4.52 Å². The fourth-order valence-corrected chi connectivity index (χ4v) is 1.69. The SMILES string of the molecule is CCN(CC)CC.O=P(O)(O)Oc1ccccc1. The number of hydrogen-bond acceptors (Lipinski definition) is 3. The highest BCUT2D eigenvalue weighted by Gasteiger charge is 2.14. The van der Waals surface area contributed by atoms with Crippen molar-refractivity contribution >= 4 is 7.82 Å². The molecule has 18 heavy (non-hydrogen) atoms. The molecule has 0 saturated heterocycles. The average Bonchev–Trinajstić information content (AvgIpc) is 2.31. The van der Waals surface area contributed by atoms with Crippen molar-refractivity contribution in [3.8, 4) is 5.75 Å². The highest BCUT2D eigenvalue weighted by molar-refractivity contribution is 7.46. The van der Waals surface area contributed by atoms with Gasteiger partial charge in [-0.25, -0.2) is 4.57 Å². The highest BCUT2D eigenvalue weighted by atomic mass is 31.2. The molecule has 0 aromatic heterocycles. The molecule has 0 fully saturated rings. The number of rotatable bonds is 5. The summed E-state index contributed by atoms with van der Waals surface area (Å²) in [7, 11) is -4.39. The van der Waals surface area contributed by atoms with Crippen LogP contribution in [-0.2, 0) is 4.57 Å². The van der Waals surface area contributed by atoms with E-state index in [-0.39, 0.29) is 5.75 Å². The van der Waals surface area contributed by atoms with Gasteiger partial charge in [0.25, 0.3) is 0 Å². The van der Waals surface area contributed by atoms with Crippen LogP contribution in [0.3, 0.4) is 0 Å². The number of nitrogens with zero attached hydrogens (tertiary/aromatic N) is 1. The van der Waals surface area contributed by atoms with E-state index in [1.807, 2.05) is 0 Å². The molecule has 1 aromatic carbocycles. The van der Waals surface area contributed by atoms with E-state index in [2.05, 4.69) is 30.2 Å². The van der Waals surface area contributed by atoms with Gasteiger partial charge in [0.15, 0.2) is 0 Å². The van der Waals surface area contributed by atoms with E-state index in [0.717, 1.165) is 0 Å². The second-order valence-electron chi connectivity index (χ2n) is 3.51. The highest BCUT2D eigenvalue weighted by Crippen LogP contribution is 2.36. The summed E-state index contributed by atoms with van der Waals surface area (Å²) in [5.41, 5.74) is 0. The topological polar surface area (TPSA) is 70.0 Å². The van der Waals surface area contributed by atoms with Gasteiger partial charge in [-0.15, -0.1) is 0 Å². The van der Waals surface area contributed by atoms with Crippen molar-refractivity contribution in [3.63, 3.8) is 0 Å². The van der Waals surface area contributed by atoms with Gasteiger partial charge in [0, 0.05) is 0 Å². The summed E-state index contributed by atoms with van der Waals surface area (Å²) >= 11 is 0. The first-order valence-corrected chi connectivity index (χ1v) is 7.48. The molecule has 0 spiro atoms. The van der Waals surface area contributed by atoms with Crippen LogP contribution in [0.25, 0.3) is 0 Å². The van der Waals surface area contributed by atoms with Crippen molar-refractivity contribution in [2.45, 2.75) is 20.8 Å². The van der Waals surface area contributed by atoms with Gasteiger partial charge in [-0.05, 0) is 31.8 Å². The van der Waals surface area contributed by atoms with Crippen molar-refractivity contribution in [2.24, 2.45) is 0 Å². The van der Waals surface area contributed by atoms with Gasteiger partial charge in [0.05, 0.1) is 0 Å². The van der Waals surface area contributed by atoms with Crippen LogP contribution in [0.5, 0.6) is 5.75 Å². The van der Waals surface area contributed by atoms with E-state index in [4.69, 9.17) is 9.79 Å². The Labute approximate surface area is 109 Å². The minimum atomic E-state index is -4.39. The molecular weight excluding hydrogens is 253 g/mol. The van der Waals surface area contributed by atoms with Crippen LogP contribution >= 0.6 is 7.82 Å². The molecule has 1 aromatic rings. The van der Waals surface area contributed by atoms with Gasteiger partial charge in [0.2, 0.25) is 0 Å². The Morgan fingerprint density at radius 2 is 1.50 bits per heavy atom. The van der Waals surface area contributed by atoms with Crippen molar-refractivity contribution in [1.29, 1.82) is 0 Å². The van der Waals surface area contributed by atoms with Gasteiger partial charge in [-0.3, -0.25) is 9.79 Å². The van der Waals surface area contributed by atoms with Crippen LogP contribution in [0, 0.1) is 0 Å². The molecular formula is C12H22NO4P. The van der Waals surface area contributed by atoms with Crippen LogP contribution in [0.1, 0.15) is 20.8 Å². The minimum Gasteiger partial charge on any atom is -0.404 e. The fourth-order valence-electron chi connectivity index (χ4n) is 1.29. The molecule has 0 radical (unpaired) electrons. The predicted molar refractivity (Wildman–Crippen MR) is 72.6 cm³/mol. The minimum absolute atomic E-state index is 0.167. The molecule has 5 nitrogen and oxygen atoms in total. The third-order valence-corrected chi connectivity index (χ3v) is 2.76. The van der Waals surface area contributed by atoms with Crippen LogP contribution in [0.4, 0.5) is 0 Å². The largest absolute Gasteiger partial charge is 0.524 e. The first kappa shape index (κ1) is 17.1. The first-order valence-electron chi connectivity index (χ1n) is 5.95. The summed E-state index contributed by atoms with van der Waals surface area (Å²) in [5.74, 6) is 0.167. The summed E-state index contributed by atoms with van der Waals surface area (Å²) in [6.07, 6.45) is 0. The van der Waals surface area contributed by atoms with Crippen LogP contribution in [0.2, 0.25) is 0 Å². The monoisotopic (exact) mass is 275 g/mol. The zero-order valence-electron chi connectivity index (χ0n) is 11.1. The molecule has 1 rings (SSSR count). The standard InChI is InChI=1S/C6H15N.C6H7O4P/c1-4-7(5-2)6-3;7-11(8,9)10-6-4-2-1-3-5-6/h4-6H2,1-3H3;1-5H,(H2,7,8,9). The Morgan fingerprint density at radius 3 is 1.78 bits per heavy atom. The molecule has 0 amide bonds. The average molecular weight is 275 g/mol. The molecule has 0 aliphatic rings. The molecule has 6 heteroatoms. The quantitative estimate of drug-likeness (QED) is 0.808. The maximum Gasteiger partial charge on any atom is 0.524 e. The smallest absolute Gasteiger partial charge is 0.404 e. The molecule has 104 valence electrons. The molecule has 0 bridgehead atoms. The molecule has 0 saturated carbocycles. The summed E-state index contributed by atoms with van der Waals surface area (Å²) < 4.78 is 14.5. The Balaban J connectivity index is 0.000000360. The fraction of sp³-hybridized carbons (Fsp3) is 0.500. The van der Waals surface area contributed by atoms with Crippen molar-refractivity contribution in [2.75, 3.05) is 19.6 Å². The van der Waals surface area contributed by atoms with Gasteiger partial charge in [-0.2, -0.15) is 0 Å². The number of hydrogen-bond donors (Lipinski definition) is 2. The second-order valence-corrected chi connectivity index (χ2v) is 4.68. The van der Waals surface area contributed by atoms with E-state index in [0.29, 0.717) is 0 Å². The number of benzene rings is 1. The third-order valence-electron chi connectivity index (χ3n) is 2.31. The summed E-state index contributed by atoms with van der Waals surface area (Å²) in [6.45, 7) is 10.1. The van der Waals surface area contributed by atoms with E-state index in [1.54, 1.807) is 18.2 Å². The van der Waals surface area contributed by atoms with Crippen molar-refractivity contribution < 1.29 is 18.9 Å². The zero-order valence-corrected chi connectivity index (χ0v) is 12.0. The predicted octanol–water partition coefficient (Wildman–Crippen LogP) is 2.51. The third kappa shape index (κ3) is 9.19. The Bertz CT molecular complexity index is 343. The van der Waals surface area contributed by atoms with Gasteiger partial charge in [-0.1, -0.05) is 39.0 Å². The molecule has 0 aliphatic heterocycles. The summed E-state index contributed by atoms with van der Waals surface area (Å²) in [5, 5.41) is 0. The molecule has 0 heterocycles. The van der Waals surface area contributed by atoms with E-state index in [9.17, 15) is 4.57 Å². The summed E-state index contributed by atoms with van der Waals surface area (Å²) in [6, 6.07) is 7.93. The lowest BCUT2D eigenvalue weighted by Gasteiger charge is -2.13. The molecule has 0 atom stereocenters. The Morgan fingerprint density at radius 1 is 1.06 bits per heavy atom. The second kappa shape index (κ2) is 9.11. The van der Waals surface area contributed by atoms with E-state index in [1.165, 1.54) is 31.8 Å². The molecule has 0 unspecified atom stereocenters. The lowest BCUT2D eigenvalue weighted by molar-refractivity contribution is 0.283. The van der Waals surface area contributed by atoms with E-state index < -0.39 is 7.82 Å². The molecule has 2 N–H and O–H groups in total. The lowest BCUT2D eigenvalue weighted by atomic mass is 10.3. The van der Waals surface area contributed by atoms with Gasteiger partial charge < -0.3 is 9.42 Å². The number of phosphoric acid groups is 1. The first-order chi connectivity index (χ1) is 8.42.